The number of rotatable bonds is 6. The Morgan fingerprint density at radius 1 is 1.21 bits per heavy atom. The molecule has 170 valence electrons. The number of nitrogens with one attached hydrogen (secondary N) is 1. The fourth-order valence-corrected chi connectivity index (χ4v) is 4.32. The first-order valence-corrected chi connectivity index (χ1v) is 11.1. The van der Waals surface area contributed by atoms with E-state index in [2.05, 4.69) is 21.9 Å². The van der Waals surface area contributed by atoms with E-state index in [-0.39, 0.29) is 18.4 Å². The maximum absolute atomic E-state index is 12.8. The zero-order chi connectivity index (χ0) is 23.4. The number of amides is 2. The number of anilines is 1. The minimum atomic E-state index is -0.695. The Balaban J connectivity index is 1.69. The van der Waals surface area contributed by atoms with E-state index in [0.717, 1.165) is 22.0 Å². The summed E-state index contributed by atoms with van der Waals surface area (Å²) in [7, 11) is 0. The second kappa shape index (κ2) is 9.97. The van der Waals surface area contributed by atoms with E-state index >= 15 is 0 Å². The van der Waals surface area contributed by atoms with Crippen molar-refractivity contribution < 1.29 is 9.59 Å². The van der Waals surface area contributed by atoms with Gasteiger partial charge in [-0.2, -0.15) is 0 Å². The van der Waals surface area contributed by atoms with Crippen molar-refractivity contribution in [2.75, 3.05) is 37.6 Å². The summed E-state index contributed by atoms with van der Waals surface area (Å²) < 4.78 is 0. The lowest BCUT2D eigenvalue weighted by atomic mass is 10.0. The molecule has 1 unspecified atom stereocenters. The summed E-state index contributed by atoms with van der Waals surface area (Å²) in [5.74, 6) is 0.123. The SMILES string of the molecule is C=CC(=O)N1CCN(c2ncnc3cc(-c4ccccc4)c(Cl)cc23)CC1C(=O)NCCN. The normalized spacial score (nSPS) is 16.0. The highest BCUT2D eigenvalue weighted by Crippen LogP contribution is 2.35. The van der Waals surface area contributed by atoms with Crippen molar-refractivity contribution in [1.29, 1.82) is 0 Å². The molecule has 33 heavy (non-hydrogen) atoms. The van der Waals surface area contributed by atoms with Gasteiger partial charge in [-0.05, 0) is 23.8 Å². The third-order valence-corrected chi connectivity index (χ3v) is 5.98. The molecule has 2 heterocycles. The van der Waals surface area contributed by atoms with Crippen molar-refractivity contribution in [2.24, 2.45) is 5.73 Å². The first-order valence-electron chi connectivity index (χ1n) is 10.7. The third-order valence-electron chi connectivity index (χ3n) is 5.67. The quantitative estimate of drug-likeness (QED) is 0.542. The molecule has 1 fully saturated rings. The summed E-state index contributed by atoms with van der Waals surface area (Å²) in [6.45, 7) is 5.35. The van der Waals surface area contributed by atoms with Gasteiger partial charge in [0.25, 0.3) is 0 Å². The molecule has 3 aromatic rings. The maximum atomic E-state index is 12.8. The second-order valence-electron chi connectivity index (χ2n) is 7.69. The lowest BCUT2D eigenvalue weighted by molar-refractivity contribution is -0.137. The number of piperazine rings is 1. The number of benzene rings is 2. The number of hydrogen-bond acceptors (Lipinski definition) is 6. The predicted octanol–water partition coefficient (Wildman–Crippen LogP) is 2.23. The molecule has 0 aliphatic carbocycles. The standard InChI is InChI=1S/C24H25ClN6O2/c1-2-22(32)31-11-10-30(14-21(31)24(33)27-9-8-26)23-18-12-19(25)17(13-20(18)28-15-29-23)16-6-4-3-5-7-16/h2-7,12-13,15,21H,1,8-11,14,26H2,(H,27,33). The van der Waals surface area contributed by atoms with Gasteiger partial charge >= 0.3 is 0 Å². The maximum Gasteiger partial charge on any atom is 0.246 e. The van der Waals surface area contributed by atoms with Crippen LogP contribution < -0.4 is 16.0 Å². The van der Waals surface area contributed by atoms with E-state index in [0.29, 0.717) is 37.0 Å². The zero-order valence-electron chi connectivity index (χ0n) is 18.1. The molecular weight excluding hydrogens is 440 g/mol. The Kier molecular flexibility index (Phi) is 6.86. The first-order chi connectivity index (χ1) is 16.0. The summed E-state index contributed by atoms with van der Waals surface area (Å²) >= 11 is 6.65. The Morgan fingerprint density at radius 3 is 2.73 bits per heavy atom. The lowest BCUT2D eigenvalue weighted by Gasteiger charge is -2.40. The predicted molar refractivity (Wildman–Crippen MR) is 130 cm³/mol. The van der Waals surface area contributed by atoms with Gasteiger partial charge in [-0.3, -0.25) is 9.59 Å². The number of carbonyl (C=O) groups excluding carboxylic acids is 2. The van der Waals surface area contributed by atoms with Gasteiger partial charge in [0.2, 0.25) is 11.8 Å². The Morgan fingerprint density at radius 2 is 2.00 bits per heavy atom. The van der Waals surface area contributed by atoms with Crippen molar-refractivity contribution in [2.45, 2.75) is 6.04 Å². The number of halogens is 1. The van der Waals surface area contributed by atoms with E-state index in [4.69, 9.17) is 17.3 Å². The number of nitrogens with two attached hydrogens (primary N) is 1. The molecular formula is C24H25ClN6O2. The van der Waals surface area contributed by atoms with Crippen molar-refractivity contribution in [3.63, 3.8) is 0 Å². The molecule has 1 aliphatic rings. The molecule has 1 saturated heterocycles. The summed E-state index contributed by atoms with van der Waals surface area (Å²) in [5, 5.41) is 4.15. The lowest BCUT2D eigenvalue weighted by Crippen LogP contribution is -2.61. The number of fused-ring (bicyclic) bond motifs is 1. The van der Waals surface area contributed by atoms with Gasteiger partial charge in [-0.1, -0.05) is 48.5 Å². The number of aromatic nitrogens is 2. The highest BCUT2D eigenvalue weighted by molar-refractivity contribution is 6.34. The molecule has 2 amide bonds. The van der Waals surface area contributed by atoms with E-state index in [9.17, 15) is 9.59 Å². The number of carbonyl (C=O) groups is 2. The molecule has 9 heteroatoms. The average molecular weight is 465 g/mol. The van der Waals surface area contributed by atoms with Gasteiger partial charge in [0, 0.05) is 48.7 Å². The van der Waals surface area contributed by atoms with Crippen LogP contribution in [0.3, 0.4) is 0 Å². The van der Waals surface area contributed by atoms with E-state index in [1.807, 2.05) is 47.4 Å². The van der Waals surface area contributed by atoms with Crippen LogP contribution in [0.25, 0.3) is 22.0 Å². The Bertz CT molecular complexity index is 1190. The van der Waals surface area contributed by atoms with Gasteiger partial charge in [0.15, 0.2) is 0 Å². The van der Waals surface area contributed by atoms with Crippen LogP contribution >= 0.6 is 11.6 Å². The van der Waals surface area contributed by atoms with Gasteiger partial charge in [0.05, 0.1) is 5.52 Å². The van der Waals surface area contributed by atoms with Crippen LogP contribution in [0.1, 0.15) is 0 Å². The Labute approximate surface area is 197 Å². The van der Waals surface area contributed by atoms with Crippen LogP contribution in [0.2, 0.25) is 5.02 Å². The molecule has 8 nitrogen and oxygen atoms in total. The summed E-state index contributed by atoms with van der Waals surface area (Å²) in [6, 6.07) is 13.0. The van der Waals surface area contributed by atoms with Crippen molar-refractivity contribution in [3.05, 3.63) is 66.5 Å². The second-order valence-corrected chi connectivity index (χ2v) is 8.10. The van der Waals surface area contributed by atoms with Crippen molar-refractivity contribution >= 4 is 40.1 Å². The highest BCUT2D eigenvalue weighted by Gasteiger charge is 2.35. The van der Waals surface area contributed by atoms with Gasteiger partial charge in [0.1, 0.15) is 18.2 Å². The molecule has 1 aliphatic heterocycles. The monoisotopic (exact) mass is 464 g/mol. The minimum Gasteiger partial charge on any atom is -0.353 e. The number of hydrogen-bond donors (Lipinski definition) is 2. The van der Waals surface area contributed by atoms with Crippen LogP contribution in [0.4, 0.5) is 5.82 Å². The van der Waals surface area contributed by atoms with Crippen LogP contribution in [-0.2, 0) is 9.59 Å². The molecule has 0 saturated carbocycles. The van der Waals surface area contributed by atoms with Crippen LogP contribution in [-0.4, -0.2) is 65.4 Å². The topological polar surface area (TPSA) is 104 Å². The molecule has 4 rings (SSSR count). The third kappa shape index (κ3) is 4.67. The van der Waals surface area contributed by atoms with Crippen LogP contribution in [0, 0.1) is 0 Å². The molecule has 1 aromatic heterocycles. The van der Waals surface area contributed by atoms with Crippen LogP contribution in [0.5, 0.6) is 0 Å². The van der Waals surface area contributed by atoms with Gasteiger partial charge in [-0.15, -0.1) is 0 Å². The van der Waals surface area contributed by atoms with E-state index < -0.39 is 6.04 Å². The highest BCUT2D eigenvalue weighted by atomic mass is 35.5. The summed E-state index contributed by atoms with van der Waals surface area (Å²) in [4.78, 5) is 37.6. The summed E-state index contributed by atoms with van der Waals surface area (Å²) in [6.07, 6.45) is 2.73. The number of nitrogens with zero attached hydrogens (tertiary/aromatic N) is 4. The van der Waals surface area contributed by atoms with Crippen LogP contribution in [0.15, 0.2) is 61.4 Å². The molecule has 0 spiro atoms. The molecule has 0 radical (unpaired) electrons. The van der Waals surface area contributed by atoms with E-state index in [1.54, 1.807) is 0 Å². The summed E-state index contributed by atoms with van der Waals surface area (Å²) in [5.41, 5.74) is 8.15. The average Bonchev–Trinajstić information content (AvgIpc) is 2.86. The Hall–Kier alpha value is -3.49. The van der Waals surface area contributed by atoms with Gasteiger partial charge in [-0.25, -0.2) is 9.97 Å². The van der Waals surface area contributed by atoms with Crippen molar-refractivity contribution in [3.8, 4) is 11.1 Å². The van der Waals surface area contributed by atoms with Gasteiger partial charge < -0.3 is 20.9 Å². The minimum absolute atomic E-state index is 0.261. The molecule has 1 atom stereocenters. The fraction of sp³-hybridized carbons (Fsp3) is 0.250. The van der Waals surface area contributed by atoms with E-state index in [1.165, 1.54) is 17.3 Å². The molecule has 2 aromatic carbocycles. The largest absolute Gasteiger partial charge is 0.353 e. The van der Waals surface area contributed by atoms with Crippen molar-refractivity contribution in [1.82, 2.24) is 20.2 Å². The fourth-order valence-electron chi connectivity index (χ4n) is 4.05. The first kappa shape index (κ1) is 22.7. The smallest absolute Gasteiger partial charge is 0.246 e. The molecule has 3 N–H and O–H groups in total. The molecule has 0 bridgehead atoms. The zero-order valence-corrected chi connectivity index (χ0v) is 18.8.